The van der Waals surface area contributed by atoms with Gasteiger partial charge in [0.2, 0.25) is 0 Å². The first-order valence-corrected chi connectivity index (χ1v) is 6.75. The standard InChI is InChI=1S/C9H9NO4S2/c1-6-8(5-7-3-2-4-15-7)9(11)10(6)16(12,13)14/h2-6H,1H3,(H,12,13,14)/b8-5+/t6-/m0/s1. The second-order valence-electron chi connectivity index (χ2n) is 3.37. The molecule has 16 heavy (non-hydrogen) atoms. The zero-order valence-electron chi connectivity index (χ0n) is 8.32. The van der Waals surface area contributed by atoms with Gasteiger partial charge in [-0.1, -0.05) is 6.07 Å². The summed E-state index contributed by atoms with van der Waals surface area (Å²) in [6, 6.07) is 3.06. The molecule has 0 bridgehead atoms. The van der Waals surface area contributed by atoms with Crippen molar-refractivity contribution in [3.63, 3.8) is 0 Å². The molecule has 2 heterocycles. The lowest BCUT2D eigenvalue weighted by molar-refractivity contribution is -0.129. The Morgan fingerprint density at radius 2 is 2.25 bits per heavy atom. The molecule has 1 aromatic rings. The summed E-state index contributed by atoms with van der Waals surface area (Å²) in [5.41, 5.74) is 0.389. The van der Waals surface area contributed by atoms with Crippen LogP contribution in [-0.4, -0.2) is 29.2 Å². The summed E-state index contributed by atoms with van der Waals surface area (Å²) in [5.74, 6) is -0.664. The van der Waals surface area contributed by atoms with Gasteiger partial charge in [0.15, 0.2) is 0 Å². The van der Waals surface area contributed by atoms with Crippen molar-refractivity contribution >= 4 is 33.6 Å². The molecule has 0 unspecified atom stereocenters. The van der Waals surface area contributed by atoms with Crippen molar-refractivity contribution in [2.24, 2.45) is 0 Å². The summed E-state index contributed by atoms with van der Waals surface area (Å²) in [6.07, 6.45) is 1.64. The maximum atomic E-state index is 11.5. The van der Waals surface area contributed by atoms with Crippen LogP contribution < -0.4 is 0 Å². The Morgan fingerprint density at radius 1 is 1.56 bits per heavy atom. The van der Waals surface area contributed by atoms with Gasteiger partial charge < -0.3 is 0 Å². The van der Waals surface area contributed by atoms with Gasteiger partial charge in [0, 0.05) is 10.5 Å². The molecule has 1 aliphatic rings. The monoisotopic (exact) mass is 259 g/mol. The van der Waals surface area contributed by atoms with Crippen LogP contribution in [0.15, 0.2) is 23.1 Å². The van der Waals surface area contributed by atoms with Crippen LogP contribution in [0.2, 0.25) is 0 Å². The highest BCUT2D eigenvalue weighted by Gasteiger charge is 2.45. The van der Waals surface area contributed by atoms with Gasteiger partial charge in [-0.05, 0) is 24.4 Å². The van der Waals surface area contributed by atoms with Crippen molar-refractivity contribution in [2.45, 2.75) is 13.0 Å². The molecule has 0 radical (unpaired) electrons. The van der Waals surface area contributed by atoms with Gasteiger partial charge in [0.05, 0.1) is 6.04 Å². The van der Waals surface area contributed by atoms with E-state index < -0.39 is 22.3 Å². The molecule has 1 atom stereocenters. The van der Waals surface area contributed by atoms with E-state index in [0.29, 0.717) is 9.88 Å². The highest BCUT2D eigenvalue weighted by atomic mass is 32.2. The molecule has 7 heteroatoms. The molecule has 1 amide bonds. The van der Waals surface area contributed by atoms with Crippen molar-refractivity contribution < 1.29 is 17.8 Å². The fourth-order valence-corrected chi connectivity index (χ4v) is 3.05. The number of hydrogen-bond acceptors (Lipinski definition) is 4. The van der Waals surface area contributed by atoms with E-state index in [0.717, 1.165) is 4.88 Å². The maximum Gasteiger partial charge on any atom is 0.363 e. The number of carbonyl (C=O) groups is 1. The average Bonchev–Trinajstić information content (AvgIpc) is 2.64. The van der Waals surface area contributed by atoms with E-state index in [2.05, 4.69) is 0 Å². The number of amides is 1. The molecule has 0 aliphatic carbocycles. The Labute approximate surface area is 96.9 Å². The second-order valence-corrected chi connectivity index (χ2v) is 5.64. The predicted molar refractivity (Wildman–Crippen MR) is 60.2 cm³/mol. The van der Waals surface area contributed by atoms with Crippen molar-refractivity contribution in [3.8, 4) is 0 Å². The zero-order chi connectivity index (χ0) is 11.9. The Bertz CT molecular complexity index is 544. The first-order valence-electron chi connectivity index (χ1n) is 4.47. The van der Waals surface area contributed by atoms with Gasteiger partial charge >= 0.3 is 10.3 Å². The van der Waals surface area contributed by atoms with E-state index in [-0.39, 0.29) is 0 Å². The van der Waals surface area contributed by atoms with E-state index >= 15 is 0 Å². The highest BCUT2D eigenvalue weighted by molar-refractivity contribution is 7.84. The molecule has 1 N–H and O–H groups in total. The smallest absolute Gasteiger partial charge is 0.269 e. The molecule has 0 saturated carbocycles. The molecule has 0 spiro atoms. The van der Waals surface area contributed by atoms with Gasteiger partial charge in [-0.25, -0.2) is 4.31 Å². The average molecular weight is 259 g/mol. The third-order valence-electron chi connectivity index (χ3n) is 2.34. The first kappa shape index (κ1) is 11.3. The number of nitrogens with zero attached hydrogens (tertiary/aromatic N) is 1. The summed E-state index contributed by atoms with van der Waals surface area (Å²) in [5, 5.41) is 1.86. The number of hydrogen-bond donors (Lipinski definition) is 1. The summed E-state index contributed by atoms with van der Waals surface area (Å²) in [4.78, 5) is 12.3. The Balaban J connectivity index is 2.28. The summed E-state index contributed by atoms with van der Waals surface area (Å²) in [6.45, 7) is 1.55. The van der Waals surface area contributed by atoms with Crippen LogP contribution in [0.1, 0.15) is 11.8 Å². The van der Waals surface area contributed by atoms with Crippen molar-refractivity contribution in [1.29, 1.82) is 0 Å². The molecule has 86 valence electrons. The van der Waals surface area contributed by atoms with Gasteiger partial charge in [-0.3, -0.25) is 9.35 Å². The van der Waals surface area contributed by atoms with E-state index in [1.54, 1.807) is 13.0 Å². The Morgan fingerprint density at radius 3 is 2.69 bits per heavy atom. The quantitative estimate of drug-likeness (QED) is 0.491. The van der Waals surface area contributed by atoms with Crippen molar-refractivity contribution in [3.05, 3.63) is 28.0 Å². The summed E-state index contributed by atoms with van der Waals surface area (Å²) < 4.78 is 30.9. The van der Waals surface area contributed by atoms with Crippen LogP contribution in [-0.2, 0) is 15.1 Å². The number of carbonyl (C=O) groups excluding carboxylic acids is 1. The van der Waals surface area contributed by atoms with Crippen molar-refractivity contribution in [1.82, 2.24) is 4.31 Å². The maximum absolute atomic E-state index is 11.5. The highest BCUT2D eigenvalue weighted by Crippen LogP contribution is 2.30. The molecular formula is C9H9NO4S2. The van der Waals surface area contributed by atoms with E-state index in [1.165, 1.54) is 11.3 Å². The fraction of sp³-hybridized carbons (Fsp3) is 0.222. The SMILES string of the molecule is C[C@H]1/C(=C\c2cccs2)C(=O)N1S(=O)(=O)O. The fourth-order valence-electron chi connectivity index (χ4n) is 1.56. The number of thiophene rings is 1. The summed E-state index contributed by atoms with van der Waals surface area (Å²) in [7, 11) is -4.43. The molecule has 1 saturated heterocycles. The third-order valence-corrected chi connectivity index (χ3v) is 4.14. The molecule has 0 aromatic carbocycles. The predicted octanol–water partition coefficient (Wildman–Crippen LogP) is 1.17. The summed E-state index contributed by atoms with van der Waals surface area (Å²) >= 11 is 1.45. The van der Waals surface area contributed by atoms with Crippen molar-refractivity contribution in [2.75, 3.05) is 0 Å². The van der Waals surface area contributed by atoms with Gasteiger partial charge in [0.1, 0.15) is 0 Å². The van der Waals surface area contributed by atoms with Crippen LogP contribution in [0.25, 0.3) is 6.08 Å². The van der Waals surface area contributed by atoms with E-state index in [1.807, 2.05) is 17.5 Å². The number of rotatable bonds is 2. The van der Waals surface area contributed by atoms with Gasteiger partial charge in [-0.2, -0.15) is 8.42 Å². The lowest BCUT2D eigenvalue weighted by Gasteiger charge is -2.36. The van der Waals surface area contributed by atoms with Crippen LogP contribution in [0.5, 0.6) is 0 Å². The lowest BCUT2D eigenvalue weighted by atomic mass is 9.99. The molecule has 5 nitrogen and oxygen atoms in total. The van der Waals surface area contributed by atoms with Crippen LogP contribution in [0, 0.1) is 0 Å². The second kappa shape index (κ2) is 3.69. The topological polar surface area (TPSA) is 74.7 Å². The normalized spacial score (nSPS) is 23.6. The van der Waals surface area contributed by atoms with Crippen LogP contribution >= 0.6 is 11.3 Å². The van der Waals surface area contributed by atoms with Crippen LogP contribution in [0.3, 0.4) is 0 Å². The Hall–Kier alpha value is -1.18. The molecule has 1 aromatic heterocycles. The lowest BCUT2D eigenvalue weighted by Crippen LogP contribution is -2.55. The zero-order valence-corrected chi connectivity index (χ0v) is 9.96. The molecule has 1 aliphatic heterocycles. The minimum atomic E-state index is -4.43. The number of β-lactam (4-membered cyclic amide) rings is 1. The minimum Gasteiger partial charge on any atom is -0.269 e. The first-order chi connectivity index (χ1) is 7.41. The van der Waals surface area contributed by atoms with Gasteiger partial charge in [0.25, 0.3) is 5.91 Å². The molecular weight excluding hydrogens is 250 g/mol. The van der Waals surface area contributed by atoms with Gasteiger partial charge in [-0.15, -0.1) is 11.3 Å². The largest absolute Gasteiger partial charge is 0.363 e. The Kier molecular flexibility index (Phi) is 2.61. The molecule has 2 rings (SSSR count). The van der Waals surface area contributed by atoms with E-state index in [4.69, 9.17) is 4.55 Å². The van der Waals surface area contributed by atoms with E-state index in [9.17, 15) is 13.2 Å². The molecule has 1 fully saturated rings. The minimum absolute atomic E-state index is 0.389. The van der Waals surface area contributed by atoms with Crippen LogP contribution in [0.4, 0.5) is 0 Å². The third kappa shape index (κ3) is 1.77.